The average molecular weight is 286 g/mol. The maximum atomic E-state index is 3.42. The van der Waals surface area contributed by atoms with E-state index in [1.165, 1.54) is 5.57 Å². The van der Waals surface area contributed by atoms with E-state index in [1.54, 1.807) is 5.20 Å². The van der Waals surface area contributed by atoms with E-state index in [9.17, 15) is 0 Å². The van der Waals surface area contributed by atoms with Gasteiger partial charge in [-0.2, -0.15) is 5.20 Å². The molecule has 0 bridgehead atoms. The average Bonchev–Trinajstić information content (AvgIpc) is 2.32. The molecule has 0 aromatic heterocycles. The molecule has 14 heavy (non-hydrogen) atoms. The van der Waals surface area contributed by atoms with Crippen molar-refractivity contribution in [3.63, 3.8) is 0 Å². The molecule has 0 saturated heterocycles. The second-order valence-corrected chi connectivity index (χ2v) is 9.29. The van der Waals surface area contributed by atoms with Gasteiger partial charge in [-0.1, -0.05) is 33.0 Å². The zero-order chi connectivity index (χ0) is 8.48. The predicted molar refractivity (Wildman–Crippen MR) is 67.6 cm³/mol. The van der Waals surface area contributed by atoms with Crippen LogP contribution >= 0.6 is 24.8 Å². The molecule has 0 amide bonds. The summed E-state index contributed by atoms with van der Waals surface area (Å²) < 4.78 is 0. The Morgan fingerprint density at radius 2 is 1.79 bits per heavy atom. The van der Waals surface area contributed by atoms with Crippen LogP contribution in [0.4, 0.5) is 0 Å². The normalized spacial score (nSPS) is 14.3. The molecule has 0 heterocycles. The molecule has 0 spiro atoms. The van der Waals surface area contributed by atoms with Crippen molar-refractivity contribution in [2.24, 2.45) is 0 Å². The van der Waals surface area contributed by atoms with Crippen LogP contribution < -0.4 is 0 Å². The smallest absolute Gasteiger partial charge is 0.0526 e. The number of hydrogen-bond acceptors (Lipinski definition) is 0. The van der Waals surface area contributed by atoms with Crippen LogP contribution in [0.2, 0.25) is 19.6 Å². The van der Waals surface area contributed by atoms with E-state index in [1.807, 2.05) is 0 Å². The van der Waals surface area contributed by atoms with E-state index in [0.717, 1.165) is 12.8 Å². The summed E-state index contributed by atoms with van der Waals surface area (Å²) in [6.07, 6.45) is 8.05. The zero-order valence-corrected chi connectivity index (χ0v) is 13.5. The summed E-state index contributed by atoms with van der Waals surface area (Å²) in [4.78, 5) is 0. The third kappa shape index (κ3) is 5.77. The van der Waals surface area contributed by atoms with Crippen LogP contribution in [0.5, 0.6) is 0 Å². The number of allylic oxidation sites excluding steroid dienone is 4. The molecule has 0 aromatic carbocycles. The second kappa shape index (κ2) is 8.18. The van der Waals surface area contributed by atoms with Crippen LogP contribution in [0.1, 0.15) is 19.8 Å². The van der Waals surface area contributed by atoms with Gasteiger partial charge >= 0.3 is 0 Å². The largest absolute Gasteiger partial charge is 0.270 e. The van der Waals surface area contributed by atoms with Gasteiger partial charge in [0.05, 0.1) is 8.07 Å². The minimum atomic E-state index is -1.00. The fraction of sp³-hybridized carbons (Fsp3) is 0.600. The van der Waals surface area contributed by atoms with E-state index in [-0.39, 0.29) is 46.5 Å². The van der Waals surface area contributed by atoms with Crippen LogP contribution in [0.3, 0.4) is 0 Å². The third-order valence-corrected chi connectivity index (χ3v) is 4.45. The van der Waals surface area contributed by atoms with Gasteiger partial charge in [-0.3, -0.25) is 6.08 Å². The molecule has 0 nitrogen and oxygen atoms in total. The Morgan fingerprint density at radius 1 is 1.29 bits per heavy atom. The summed E-state index contributed by atoms with van der Waals surface area (Å²) >= 11 is 0. The van der Waals surface area contributed by atoms with Crippen LogP contribution in [0.25, 0.3) is 0 Å². The Morgan fingerprint density at radius 3 is 2.00 bits per heavy atom. The first-order valence-electron chi connectivity index (χ1n) is 4.35. The van der Waals surface area contributed by atoms with Crippen LogP contribution in [-0.4, -0.2) is 8.07 Å². The van der Waals surface area contributed by atoms with E-state index in [4.69, 9.17) is 0 Å². The standard InChI is InChI=1S/C10H17Si.2ClH.Ti/c1-5-9-6-7-10(8-9)11(2,3)4;;;/h8H,5,7H2,1-4H3;2*1H;/q-1;;;. The maximum absolute atomic E-state index is 3.42. The minimum Gasteiger partial charge on any atom is -0.270 e. The van der Waals surface area contributed by atoms with Gasteiger partial charge in [0.1, 0.15) is 0 Å². The Hall–Kier alpha value is 0.991. The summed E-state index contributed by atoms with van der Waals surface area (Å²) in [5.74, 6) is 0. The van der Waals surface area contributed by atoms with Gasteiger partial charge in [-0.05, 0) is 0 Å². The molecule has 0 N–H and O–H groups in total. The van der Waals surface area contributed by atoms with E-state index in [2.05, 4.69) is 38.7 Å². The predicted octanol–water partition coefficient (Wildman–Crippen LogP) is 4.17. The fourth-order valence-electron chi connectivity index (χ4n) is 1.23. The van der Waals surface area contributed by atoms with Crippen molar-refractivity contribution >= 4 is 32.9 Å². The molecule has 0 radical (unpaired) electrons. The first kappa shape index (κ1) is 20.4. The third-order valence-electron chi connectivity index (χ3n) is 2.20. The fourth-order valence-corrected chi connectivity index (χ4v) is 2.46. The first-order chi connectivity index (χ1) is 5.04. The topological polar surface area (TPSA) is 0 Å². The Kier molecular flexibility index (Phi) is 11.9. The van der Waals surface area contributed by atoms with Crippen LogP contribution in [0, 0.1) is 6.08 Å². The molecule has 82 valence electrons. The SMILES string of the molecule is CCC1=[C-]CC([Si](C)(C)C)=C1.Cl.Cl.[Ti]. The van der Waals surface area contributed by atoms with Crippen molar-refractivity contribution < 1.29 is 21.7 Å². The molecule has 4 heteroatoms. The van der Waals surface area contributed by atoms with E-state index >= 15 is 0 Å². The van der Waals surface area contributed by atoms with Gasteiger partial charge in [-0.25, -0.2) is 11.6 Å². The van der Waals surface area contributed by atoms with Crippen LogP contribution in [0.15, 0.2) is 16.8 Å². The molecule has 0 saturated carbocycles. The number of rotatable bonds is 2. The minimum absolute atomic E-state index is 0. The number of hydrogen-bond donors (Lipinski definition) is 0. The second-order valence-electron chi connectivity index (χ2n) is 4.15. The summed E-state index contributed by atoms with van der Waals surface area (Å²) in [6.45, 7) is 9.41. The Balaban J connectivity index is -0.000000403. The van der Waals surface area contributed by atoms with Gasteiger partial charge in [0, 0.05) is 21.7 Å². The molecule has 1 aliphatic carbocycles. The van der Waals surface area contributed by atoms with E-state index < -0.39 is 8.07 Å². The molecule has 0 unspecified atom stereocenters. The summed E-state index contributed by atoms with van der Waals surface area (Å²) in [5, 5.41) is 1.66. The monoisotopic (exact) mass is 285 g/mol. The van der Waals surface area contributed by atoms with Crippen molar-refractivity contribution in [1.82, 2.24) is 0 Å². The number of halogens is 2. The summed E-state index contributed by atoms with van der Waals surface area (Å²) in [5.41, 5.74) is 1.42. The summed E-state index contributed by atoms with van der Waals surface area (Å²) in [6, 6.07) is 0. The van der Waals surface area contributed by atoms with Gasteiger partial charge in [0.15, 0.2) is 0 Å². The van der Waals surface area contributed by atoms with Gasteiger partial charge in [0.25, 0.3) is 0 Å². The zero-order valence-electron chi connectivity index (χ0n) is 9.31. The van der Waals surface area contributed by atoms with Gasteiger partial charge in [0.2, 0.25) is 0 Å². The Bertz CT molecular complexity index is 217. The molecule has 1 aliphatic rings. The Labute approximate surface area is 116 Å². The quantitative estimate of drug-likeness (QED) is 0.528. The molecular formula is C10H19Cl2SiTi-. The summed E-state index contributed by atoms with van der Waals surface area (Å²) in [7, 11) is -1.00. The molecule has 0 aliphatic heterocycles. The first-order valence-corrected chi connectivity index (χ1v) is 7.85. The van der Waals surface area contributed by atoms with Crippen molar-refractivity contribution in [1.29, 1.82) is 0 Å². The van der Waals surface area contributed by atoms with Crippen molar-refractivity contribution in [3.8, 4) is 0 Å². The molecule has 0 atom stereocenters. The molecular weight excluding hydrogens is 267 g/mol. The van der Waals surface area contributed by atoms with Crippen molar-refractivity contribution in [2.75, 3.05) is 0 Å². The van der Waals surface area contributed by atoms with E-state index in [0.29, 0.717) is 0 Å². The molecule has 1 rings (SSSR count). The van der Waals surface area contributed by atoms with Gasteiger partial charge < -0.3 is 0 Å². The van der Waals surface area contributed by atoms with Crippen LogP contribution in [-0.2, 0) is 21.7 Å². The van der Waals surface area contributed by atoms with Gasteiger partial charge in [-0.15, -0.1) is 31.2 Å². The maximum Gasteiger partial charge on any atom is 0.0526 e. The molecule has 0 fully saturated rings. The van der Waals surface area contributed by atoms with Crippen molar-refractivity contribution in [3.05, 3.63) is 22.9 Å². The van der Waals surface area contributed by atoms with Crippen molar-refractivity contribution in [2.45, 2.75) is 39.4 Å². The molecule has 0 aromatic rings.